The Hall–Kier alpha value is -2.89. The van der Waals surface area contributed by atoms with E-state index < -0.39 is 40.1 Å². The number of anilines is 1. The van der Waals surface area contributed by atoms with E-state index in [1.54, 1.807) is 13.8 Å². The number of nitrogens with zero attached hydrogens (tertiary/aromatic N) is 2. The molecule has 190 valence electrons. The van der Waals surface area contributed by atoms with E-state index in [9.17, 15) is 35.9 Å². The number of likely N-dealkylation sites (N-methyl/N-ethyl adjacent to an activating group) is 1. The van der Waals surface area contributed by atoms with Gasteiger partial charge in [-0.05, 0) is 55.8 Å². The van der Waals surface area contributed by atoms with E-state index in [0.717, 1.165) is 36.4 Å². The van der Waals surface area contributed by atoms with Gasteiger partial charge in [0.25, 0.3) is 0 Å². The number of benzene rings is 2. The van der Waals surface area contributed by atoms with Gasteiger partial charge in [-0.3, -0.25) is 4.79 Å². The largest absolute Gasteiger partial charge is 0.416 e. The molecule has 1 N–H and O–H groups in total. The molecule has 2 atom stereocenters. The third-order valence-corrected chi connectivity index (χ3v) is 6.91. The predicted octanol–water partition coefficient (Wildman–Crippen LogP) is 6.24. The van der Waals surface area contributed by atoms with Gasteiger partial charge in [0.2, 0.25) is 5.91 Å². The van der Waals surface area contributed by atoms with Gasteiger partial charge in [-0.1, -0.05) is 12.1 Å². The fraction of sp³-hybridized carbons (Fsp3) is 0.391. The Labute approximate surface area is 202 Å². The van der Waals surface area contributed by atoms with Gasteiger partial charge >= 0.3 is 18.4 Å². The van der Waals surface area contributed by atoms with Crippen molar-refractivity contribution in [3.8, 4) is 0 Å². The van der Waals surface area contributed by atoms with Crippen LogP contribution in [-0.4, -0.2) is 46.6 Å². The molecule has 35 heavy (non-hydrogen) atoms. The normalized spacial score (nSPS) is 18.6. The molecule has 12 heteroatoms. The van der Waals surface area contributed by atoms with Gasteiger partial charge < -0.3 is 15.1 Å². The van der Waals surface area contributed by atoms with E-state index in [0.29, 0.717) is 5.56 Å². The van der Waals surface area contributed by atoms with Gasteiger partial charge in [-0.2, -0.15) is 26.3 Å². The monoisotopic (exact) mass is 519 g/mol. The summed E-state index contributed by atoms with van der Waals surface area (Å²) in [7, 11) is 0. The lowest BCUT2D eigenvalue weighted by molar-refractivity contribution is -0.138. The zero-order valence-electron chi connectivity index (χ0n) is 18.8. The number of hydrogen-bond acceptors (Lipinski definition) is 3. The zero-order valence-corrected chi connectivity index (χ0v) is 19.6. The molecule has 0 radical (unpaired) electrons. The molecule has 0 aromatic heterocycles. The molecule has 2 aromatic rings. The first-order valence-corrected chi connectivity index (χ1v) is 11.6. The number of rotatable bonds is 6. The number of thioether (sulfide) groups is 1. The summed E-state index contributed by atoms with van der Waals surface area (Å²) in [5.41, 5.74) is -0.896. The van der Waals surface area contributed by atoms with Crippen LogP contribution in [0, 0.1) is 0 Å². The van der Waals surface area contributed by atoms with E-state index in [1.165, 1.54) is 33.7 Å². The first-order chi connectivity index (χ1) is 16.3. The summed E-state index contributed by atoms with van der Waals surface area (Å²) >= 11 is 1.31. The summed E-state index contributed by atoms with van der Waals surface area (Å²) in [5.74, 6) is -0.195. The van der Waals surface area contributed by atoms with Crippen LogP contribution in [0.2, 0.25) is 0 Å². The molecule has 3 rings (SSSR count). The molecule has 1 saturated heterocycles. The molecule has 0 bridgehead atoms. The molecule has 5 nitrogen and oxygen atoms in total. The van der Waals surface area contributed by atoms with Crippen LogP contribution < -0.4 is 5.32 Å². The number of alkyl halides is 6. The Morgan fingerprint density at radius 2 is 1.49 bits per heavy atom. The Morgan fingerprint density at radius 1 is 0.971 bits per heavy atom. The lowest BCUT2D eigenvalue weighted by Crippen LogP contribution is -2.42. The summed E-state index contributed by atoms with van der Waals surface area (Å²) in [6.45, 7) is 3.94. The van der Waals surface area contributed by atoms with Crippen molar-refractivity contribution >= 4 is 29.4 Å². The standard InChI is InChI=1S/C23H23F6N3O2S/c1-3-31(21(34)30-18-10-8-17(9-11-18)23(27,28)29)12-13-32-19(33)14(2)35-20(32)15-4-6-16(7-5-15)22(24,25)26/h4-11,14,20H,3,12-13H2,1-2H3,(H,30,34)/t14-,20+/m1/s1. The molecule has 2 aromatic carbocycles. The van der Waals surface area contributed by atoms with E-state index in [1.807, 2.05) is 0 Å². The first kappa shape index (κ1) is 26.7. The number of carbonyl (C=O) groups is 2. The molecule has 1 heterocycles. The minimum atomic E-state index is -4.49. The van der Waals surface area contributed by atoms with Crippen LogP contribution in [0.4, 0.5) is 36.8 Å². The molecule has 0 spiro atoms. The van der Waals surface area contributed by atoms with Gasteiger partial charge in [0.15, 0.2) is 0 Å². The first-order valence-electron chi connectivity index (χ1n) is 10.7. The Morgan fingerprint density at radius 3 is 1.97 bits per heavy atom. The lowest BCUT2D eigenvalue weighted by Gasteiger charge is -2.28. The number of urea groups is 1. The summed E-state index contributed by atoms with van der Waals surface area (Å²) in [6.07, 6.45) is -8.95. The predicted molar refractivity (Wildman–Crippen MR) is 121 cm³/mol. The van der Waals surface area contributed by atoms with Gasteiger partial charge in [-0.15, -0.1) is 11.8 Å². The van der Waals surface area contributed by atoms with Crippen LogP contribution in [0.25, 0.3) is 0 Å². The maximum atomic E-state index is 12.9. The van der Waals surface area contributed by atoms with Crippen LogP contribution in [0.5, 0.6) is 0 Å². The minimum absolute atomic E-state index is 0.124. The maximum Gasteiger partial charge on any atom is 0.416 e. The minimum Gasteiger partial charge on any atom is -0.324 e. The summed E-state index contributed by atoms with van der Waals surface area (Å²) in [5, 5.41) is 1.63. The highest BCUT2D eigenvalue weighted by molar-refractivity contribution is 8.01. The molecule has 0 saturated carbocycles. The molecular weight excluding hydrogens is 496 g/mol. The quantitative estimate of drug-likeness (QED) is 0.460. The average molecular weight is 520 g/mol. The van der Waals surface area contributed by atoms with E-state index in [-0.39, 0.29) is 31.2 Å². The molecule has 0 unspecified atom stereocenters. The third-order valence-electron chi connectivity index (χ3n) is 5.51. The number of nitrogens with one attached hydrogen (secondary N) is 1. The lowest BCUT2D eigenvalue weighted by atomic mass is 10.1. The molecule has 3 amide bonds. The van der Waals surface area contributed by atoms with Crippen LogP contribution in [0.3, 0.4) is 0 Å². The van der Waals surface area contributed by atoms with Crippen molar-refractivity contribution in [2.45, 2.75) is 36.8 Å². The van der Waals surface area contributed by atoms with Gasteiger partial charge in [0.05, 0.1) is 16.4 Å². The second-order valence-electron chi connectivity index (χ2n) is 7.87. The van der Waals surface area contributed by atoms with E-state index >= 15 is 0 Å². The van der Waals surface area contributed by atoms with Crippen LogP contribution in [-0.2, 0) is 17.1 Å². The van der Waals surface area contributed by atoms with Gasteiger partial charge in [-0.25, -0.2) is 4.79 Å². The second-order valence-corrected chi connectivity index (χ2v) is 9.29. The number of carbonyl (C=O) groups excluding carboxylic acids is 2. The van der Waals surface area contributed by atoms with E-state index in [2.05, 4.69) is 5.32 Å². The van der Waals surface area contributed by atoms with Crippen molar-refractivity contribution in [1.82, 2.24) is 9.80 Å². The molecular formula is C23H23F6N3O2S. The van der Waals surface area contributed by atoms with Gasteiger partial charge in [0.1, 0.15) is 5.37 Å². The highest BCUT2D eigenvalue weighted by Gasteiger charge is 2.39. The summed E-state index contributed by atoms with van der Waals surface area (Å²) in [6, 6.07) is 8.10. The number of halogens is 6. The summed E-state index contributed by atoms with van der Waals surface area (Å²) < 4.78 is 76.8. The van der Waals surface area contributed by atoms with Crippen molar-refractivity contribution in [2.24, 2.45) is 0 Å². The van der Waals surface area contributed by atoms with Crippen molar-refractivity contribution in [3.05, 3.63) is 65.2 Å². The van der Waals surface area contributed by atoms with Crippen LogP contribution in [0.1, 0.15) is 35.9 Å². The van der Waals surface area contributed by atoms with Crippen molar-refractivity contribution in [1.29, 1.82) is 0 Å². The zero-order chi connectivity index (χ0) is 26.0. The van der Waals surface area contributed by atoms with Crippen molar-refractivity contribution in [3.63, 3.8) is 0 Å². The highest BCUT2D eigenvalue weighted by atomic mass is 32.2. The van der Waals surface area contributed by atoms with Crippen molar-refractivity contribution < 1.29 is 35.9 Å². The molecule has 1 fully saturated rings. The fourth-order valence-corrected chi connectivity index (χ4v) is 4.88. The molecule has 1 aliphatic rings. The molecule has 1 aliphatic heterocycles. The highest BCUT2D eigenvalue weighted by Crippen LogP contribution is 2.43. The number of amides is 3. The Balaban J connectivity index is 1.66. The van der Waals surface area contributed by atoms with Gasteiger partial charge in [0, 0.05) is 25.3 Å². The average Bonchev–Trinajstić information content (AvgIpc) is 3.07. The van der Waals surface area contributed by atoms with Crippen molar-refractivity contribution in [2.75, 3.05) is 25.0 Å². The smallest absolute Gasteiger partial charge is 0.324 e. The van der Waals surface area contributed by atoms with E-state index in [4.69, 9.17) is 0 Å². The van der Waals surface area contributed by atoms with Crippen LogP contribution >= 0.6 is 11.8 Å². The second kappa shape index (κ2) is 10.4. The topological polar surface area (TPSA) is 52.7 Å². The SMILES string of the molecule is CCN(CCN1C(=O)[C@@H](C)S[C@H]1c1ccc(C(F)(F)F)cc1)C(=O)Nc1ccc(C(F)(F)F)cc1. The third kappa shape index (κ3) is 6.41. The van der Waals surface area contributed by atoms with Crippen LogP contribution in [0.15, 0.2) is 48.5 Å². The maximum absolute atomic E-state index is 12.9. The Bertz CT molecular complexity index is 1040. The summed E-state index contributed by atoms with van der Waals surface area (Å²) in [4.78, 5) is 28.3. The number of hydrogen-bond donors (Lipinski definition) is 1. The Kier molecular flexibility index (Phi) is 7.93. The fourth-order valence-electron chi connectivity index (χ4n) is 3.57. The molecule has 0 aliphatic carbocycles.